The van der Waals surface area contributed by atoms with Crippen molar-refractivity contribution in [2.45, 2.75) is 52.5 Å². The van der Waals surface area contributed by atoms with E-state index < -0.39 is 30.7 Å². The second-order valence-electron chi connectivity index (χ2n) is 9.13. The summed E-state index contributed by atoms with van der Waals surface area (Å²) in [5, 5.41) is 0.313. The minimum atomic E-state index is -1.89. The summed E-state index contributed by atoms with van der Waals surface area (Å²) in [5.41, 5.74) is 0.738. The minimum absolute atomic E-state index is 0.104. The van der Waals surface area contributed by atoms with Gasteiger partial charge in [-0.3, -0.25) is 14.4 Å². The fourth-order valence-corrected chi connectivity index (χ4v) is 4.55. The molecule has 186 valence electrons. The van der Waals surface area contributed by atoms with Gasteiger partial charge in [-0.05, 0) is 43.7 Å². The zero-order valence-corrected chi connectivity index (χ0v) is 20.4. The summed E-state index contributed by atoms with van der Waals surface area (Å²) < 4.78 is 22.3. The number of ether oxygens (including phenoxy) is 1. The van der Waals surface area contributed by atoms with Crippen molar-refractivity contribution in [1.29, 1.82) is 0 Å². The molecule has 1 aromatic carbocycles. The molecule has 0 bridgehead atoms. The summed E-state index contributed by atoms with van der Waals surface area (Å²) in [4.78, 5) is 51.2. The molecule has 0 radical (unpaired) electrons. The zero-order chi connectivity index (χ0) is 25.3. The summed E-state index contributed by atoms with van der Waals surface area (Å²) in [5.74, 6) is -1.55. The Morgan fingerprint density at radius 1 is 1.03 bits per heavy atom. The van der Waals surface area contributed by atoms with Crippen molar-refractivity contribution in [3.63, 3.8) is 0 Å². The molecular formula is C24H29BN2O8. The second-order valence-corrected chi connectivity index (χ2v) is 9.13. The number of methoxy groups -OCH3 is 1. The van der Waals surface area contributed by atoms with Crippen molar-refractivity contribution in [2.75, 3.05) is 25.1 Å². The van der Waals surface area contributed by atoms with Crippen molar-refractivity contribution in [1.82, 2.24) is 4.57 Å². The normalized spacial score (nSPS) is 17.6. The molecule has 2 aliphatic rings. The van der Waals surface area contributed by atoms with E-state index in [1.165, 1.54) is 12.6 Å². The molecule has 0 unspecified atom stereocenters. The van der Waals surface area contributed by atoms with E-state index in [9.17, 15) is 19.2 Å². The summed E-state index contributed by atoms with van der Waals surface area (Å²) in [6, 6.07) is 3.67. The molecule has 2 heterocycles. The number of carbonyl (C=O) groups excluding carboxylic acids is 3. The first-order valence-electron chi connectivity index (χ1n) is 11.8. The Morgan fingerprint density at radius 2 is 1.71 bits per heavy atom. The number of rotatable bonds is 7. The van der Waals surface area contributed by atoms with Crippen LogP contribution in [0, 0.1) is 5.92 Å². The van der Waals surface area contributed by atoms with Gasteiger partial charge >= 0.3 is 13.3 Å². The molecule has 1 aliphatic heterocycles. The van der Waals surface area contributed by atoms with E-state index in [1.54, 1.807) is 13.2 Å². The predicted octanol–water partition coefficient (Wildman–Crippen LogP) is 2.85. The number of carbonyl (C=O) groups is 3. The first-order valence-corrected chi connectivity index (χ1v) is 11.8. The van der Waals surface area contributed by atoms with Gasteiger partial charge in [0.05, 0.1) is 23.7 Å². The first-order chi connectivity index (χ1) is 16.7. The van der Waals surface area contributed by atoms with Crippen LogP contribution in [0.25, 0.3) is 10.9 Å². The van der Waals surface area contributed by atoms with Gasteiger partial charge in [0.15, 0.2) is 5.75 Å². The van der Waals surface area contributed by atoms with Crippen LogP contribution in [0.1, 0.15) is 62.9 Å². The van der Waals surface area contributed by atoms with E-state index in [2.05, 4.69) is 11.8 Å². The van der Waals surface area contributed by atoms with Crippen molar-refractivity contribution >= 4 is 41.8 Å². The first kappa shape index (κ1) is 24.6. The highest BCUT2D eigenvalue weighted by atomic mass is 16.8. The summed E-state index contributed by atoms with van der Waals surface area (Å²) in [6.07, 6.45) is 5.49. The van der Waals surface area contributed by atoms with Gasteiger partial charge in [0, 0.05) is 39.2 Å². The maximum Gasteiger partial charge on any atom is 0.870 e. The monoisotopic (exact) mass is 484 g/mol. The lowest BCUT2D eigenvalue weighted by Crippen LogP contribution is -2.35. The SMILES string of the molecule is COc1c(N2CCC[C@@H](C)C2)ccc2c(=O)c(C(=O)OB(OC(C)=O)OC(C)=O)cn(C3CC3)c12. The molecule has 1 aromatic heterocycles. The molecule has 0 spiro atoms. The number of hydrogen-bond donors (Lipinski definition) is 0. The summed E-state index contributed by atoms with van der Waals surface area (Å²) in [7, 11) is -0.307. The third-order valence-corrected chi connectivity index (χ3v) is 6.22. The van der Waals surface area contributed by atoms with E-state index >= 15 is 0 Å². The van der Waals surface area contributed by atoms with Crippen LogP contribution in [0.2, 0.25) is 0 Å². The average Bonchev–Trinajstić information content (AvgIpc) is 3.63. The van der Waals surface area contributed by atoms with Gasteiger partial charge in [-0.1, -0.05) is 6.92 Å². The van der Waals surface area contributed by atoms with E-state index in [0.717, 1.165) is 51.9 Å². The van der Waals surface area contributed by atoms with E-state index in [0.29, 0.717) is 22.6 Å². The molecule has 1 saturated heterocycles. The quantitative estimate of drug-likeness (QED) is 0.548. The number of piperidine rings is 1. The van der Waals surface area contributed by atoms with Crippen LogP contribution in [0.4, 0.5) is 5.69 Å². The largest absolute Gasteiger partial charge is 0.870 e. The average molecular weight is 484 g/mol. The Hall–Kier alpha value is -3.50. The van der Waals surface area contributed by atoms with E-state index in [1.807, 2.05) is 10.6 Å². The number of fused-ring (bicyclic) bond motifs is 1. The molecule has 2 fully saturated rings. The predicted molar refractivity (Wildman–Crippen MR) is 128 cm³/mol. The molecule has 35 heavy (non-hydrogen) atoms. The van der Waals surface area contributed by atoms with Gasteiger partial charge in [0.1, 0.15) is 5.56 Å². The molecule has 0 amide bonds. The van der Waals surface area contributed by atoms with Crippen LogP contribution in [0.3, 0.4) is 0 Å². The number of aromatic nitrogens is 1. The topological polar surface area (TPSA) is 113 Å². The third-order valence-electron chi connectivity index (χ3n) is 6.22. The molecule has 1 atom stereocenters. The van der Waals surface area contributed by atoms with Crippen molar-refractivity contribution in [3.05, 3.63) is 34.1 Å². The van der Waals surface area contributed by atoms with Gasteiger partial charge in [-0.25, -0.2) is 4.79 Å². The summed E-state index contributed by atoms with van der Waals surface area (Å²) >= 11 is 0. The van der Waals surface area contributed by atoms with Crippen LogP contribution in [-0.4, -0.2) is 50.0 Å². The number of nitrogens with zero attached hydrogens (tertiary/aromatic N) is 2. The minimum Gasteiger partial charge on any atom is -0.492 e. The van der Waals surface area contributed by atoms with E-state index in [-0.39, 0.29) is 11.6 Å². The standard InChI is InChI=1S/C24H29BN2O8/c1-14-6-5-11-26(12-14)20-10-9-18-21(23(20)32-4)27(17-7-8-17)13-19(22(18)30)24(31)35-25(33-15(2)28)34-16(3)29/h9-10,13-14,17H,5-8,11-12H2,1-4H3/t14-/m1/s1. The Balaban J connectivity index is 1.78. The summed E-state index contributed by atoms with van der Waals surface area (Å²) in [6.45, 7) is 6.17. The fraction of sp³-hybridized carbons (Fsp3) is 0.500. The number of hydrogen-bond acceptors (Lipinski definition) is 9. The molecule has 1 saturated carbocycles. The molecule has 4 rings (SSSR count). The van der Waals surface area contributed by atoms with Crippen molar-refractivity contribution in [3.8, 4) is 5.75 Å². The van der Waals surface area contributed by atoms with Crippen LogP contribution < -0.4 is 15.1 Å². The Morgan fingerprint density at radius 3 is 2.29 bits per heavy atom. The number of pyridine rings is 1. The Kier molecular flexibility index (Phi) is 7.04. The highest BCUT2D eigenvalue weighted by molar-refractivity contribution is 6.44. The molecule has 0 N–H and O–H groups in total. The lowest BCUT2D eigenvalue weighted by molar-refractivity contribution is -0.139. The maximum absolute atomic E-state index is 13.4. The highest BCUT2D eigenvalue weighted by Gasteiger charge is 2.37. The van der Waals surface area contributed by atoms with Gasteiger partial charge in [0.25, 0.3) is 11.9 Å². The fourth-order valence-electron chi connectivity index (χ4n) is 4.55. The van der Waals surface area contributed by atoms with Crippen molar-refractivity contribution < 1.29 is 33.1 Å². The maximum atomic E-state index is 13.4. The van der Waals surface area contributed by atoms with E-state index in [4.69, 9.17) is 18.7 Å². The van der Waals surface area contributed by atoms with Crippen LogP contribution in [0.15, 0.2) is 23.1 Å². The van der Waals surface area contributed by atoms with Gasteiger partial charge in [0.2, 0.25) is 5.43 Å². The molecule has 1 aliphatic carbocycles. The van der Waals surface area contributed by atoms with Crippen LogP contribution in [0.5, 0.6) is 5.75 Å². The molecule has 10 nitrogen and oxygen atoms in total. The Labute approximate surface area is 203 Å². The van der Waals surface area contributed by atoms with Crippen LogP contribution >= 0.6 is 0 Å². The molecule has 2 aromatic rings. The van der Waals surface area contributed by atoms with Crippen molar-refractivity contribution in [2.24, 2.45) is 5.92 Å². The van der Waals surface area contributed by atoms with Gasteiger partial charge in [-0.2, -0.15) is 0 Å². The number of anilines is 1. The Bertz CT molecular complexity index is 1210. The lowest BCUT2D eigenvalue weighted by atomic mass is 9.99. The van der Waals surface area contributed by atoms with Gasteiger partial charge in [-0.15, -0.1) is 0 Å². The second kappa shape index (κ2) is 10.0. The number of benzene rings is 1. The zero-order valence-electron chi connectivity index (χ0n) is 20.4. The lowest BCUT2D eigenvalue weighted by Gasteiger charge is -2.34. The van der Waals surface area contributed by atoms with Gasteiger partial charge < -0.3 is 28.2 Å². The smallest absolute Gasteiger partial charge is 0.492 e. The third kappa shape index (κ3) is 5.28. The molecule has 11 heteroatoms. The molecular weight excluding hydrogens is 455 g/mol. The van der Waals surface area contributed by atoms with Crippen LogP contribution in [-0.2, 0) is 23.6 Å². The highest BCUT2D eigenvalue weighted by Crippen LogP contribution is 2.43.